The number of hydrogen-bond donors (Lipinski definition) is 1. The Morgan fingerprint density at radius 2 is 1.81 bits per heavy atom. The number of hydrogen-bond acceptors (Lipinski definition) is 5. The Balaban J connectivity index is 2.10. The number of primary sulfonamides is 1. The smallest absolute Gasteiger partial charge is 0.338 e. The van der Waals surface area contributed by atoms with Crippen molar-refractivity contribution in [1.29, 1.82) is 0 Å². The van der Waals surface area contributed by atoms with Gasteiger partial charge in [-0.3, -0.25) is 4.79 Å². The molecule has 0 bridgehead atoms. The highest BCUT2D eigenvalue weighted by molar-refractivity contribution is 7.89. The van der Waals surface area contributed by atoms with Crippen molar-refractivity contribution in [3.05, 3.63) is 58.9 Å². The van der Waals surface area contributed by atoms with Crippen LogP contribution in [-0.4, -0.2) is 33.4 Å². The Morgan fingerprint density at radius 1 is 1.19 bits per heavy atom. The molecule has 0 aliphatic carbocycles. The molecule has 0 saturated heterocycles. The van der Waals surface area contributed by atoms with Crippen molar-refractivity contribution in [2.45, 2.75) is 11.8 Å². The average molecular weight is 415 g/mol. The number of halogens is 2. The third kappa shape index (κ3) is 5.25. The van der Waals surface area contributed by atoms with E-state index in [1.54, 1.807) is 6.92 Å². The van der Waals surface area contributed by atoms with Gasteiger partial charge in [0.05, 0.1) is 10.6 Å². The number of amides is 1. The number of likely N-dealkylation sites (N-methyl/N-ethyl adjacent to an activating group) is 1. The molecular weight excluding hydrogens is 399 g/mol. The van der Waals surface area contributed by atoms with E-state index in [4.69, 9.17) is 21.5 Å². The Morgan fingerprint density at radius 3 is 2.37 bits per heavy atom. The van der Waals surface area contributed by atoms with Crippen LogP contribution in [0.15, 0.2) is 47.4 Å². The van der Waals surface area contributed by atoms with Gasteiger partial charge in [-0.15, -0.1) is 0 Å². The molecule has 0 radical (unpaired) electrons. The minimum atomic E-state index is -4.12. The summed E-state index contributed by atoms with van der Waals surface area (Å²) >= 11 is 5.75. The van der Waals surface area contributed by atoms with Gasteiger partial charge >= 0.3 is 5.97 Å². The lowest BCUT2D eigenvalue weighted by atomic mass is 10.2. The maximum Gasteiger partial charge on any atom is 0.338 e. The van der Waals surface area contributed by atoms with E-state index in [-0.39, 0.29) is 17.1 Å². The lowest BCUT2D eigenvalue weighted by Gasteiger charge is -2.20. The monoisotopic (exact) mass is 414 g/mol. The van der Waals surface area contributed by atoms with Crippen LogP contribution in [0.5, 0.6) is 0 Å². The molecule has 27 heavy (non-hydrogen) atoms. The maximum absolute atomic E-state index is 13.0. The molecule has 2 aromatic rings. The van der Waals surface area contributed by atoms with Gasteiger partial charge < -0.3 is 9.64 Å². The second-order valence-corrected chi connectivity index (χ2v) is 7.32. The Bertz CT molecular complexity index is 964. The Hall–Kier alpha value is -2.49. The summed E-state index contributed by atoms with van der Waals surface area (Å²) in [6.07, 6.45) is 0. The van der Waals surface area contributed by atoms with Crippen molar-refractivity contribution < 1.29 is 27.1 Å². The maximum atomic E-state index is 13.0. The predicted molar refractivity (Wildman–Crippen MR) is 97.5 cm³/mol. The van der Waals surface area contributed by atoms with Gasteiger partial charge in [0, 0.05) is 12.2 Å². The second-order valence-electron chi connectivity index (χ2n) is 5.38. The normalized spacial score (nSPS) is 11.1. The van der Waals surface area contributed by atoms with Gasteiger partial charge in [0.1, 0.15) is 10.7 Å². The van der Waals surface area contributed by atoms with Gasteiger partial charge in [-0.2, -0.15) is 0 Å². The summed E-state index contributed by atoms with van der Waals surface area (Å²) in [4.78, 5) is 25.3. The summed E-state index contributed by atoms with van der Waals surface area (Å²) in [7, 11) is -4.12. The fraction of sp³-hybridized carbons (Fsp3) is 0.176. The zero-order valence-electron chi connectivity index (χ0n) is 14.2. The number of carbonyl (C=O) groups excluding carboxylic acids is 2. The zero-order valence-corrected chi connectivity index (χ0v) is 15.8. The summed E-state index contributed by atoms with van der Waals surface area (Å²) in [5.41, 5.74) is 0.323. The summed E-state index contributed by atoms with van der Waals surface area (Å²) in [5.74, 6) is -1.89. The highest BCUT2D eigenvalue weighted by Gasteiger charge is 2.20. The number of nitrogens with two attached hydrogens (primary N) is 1. The molecule has 144 valence electrons. The van der Waals surface area contributed by atoms with E-state index in [0.717, 1.165) is 6.07 Å². The number of carbonyl (C=O) groups is 2. The molecular formula is C17H16ClFN2O5S. The van der Waals surface area contributed by atoms with Crippen molar-refractivity contribution in [3.63, 3.8) is 0 Å². The van der Waals surface area contributed by atoms with Crippen LogP contribution in [0, 0.1) is 5.82 Å². The Kier molecular flexibility index (Phi) is 6.53. The minimum absolute atomic E-state index is 0.124. The van der Waals surface area contributed by atoms with E-state index in [0.29, 0.717) is 5.69 Å². The number of anilines is 1. The number of nitrogens with zero attached hydrogens (tertiary/aromatic N) is 1. The molecule has 0 aliphatic rings. The fourth-order valence-corrected chi connectivity index (χ4v) is 3.33. The summed E-state index contributed by atoms with van der Waals surface area (Å²) in [5, 5.41) is 4.89. The lowest BCUT2D eigenvalue weighted by Crippen LogP contribution is -2.34. The first kappa shape index (κ1) is 20.8. The van der Waals surface area contributed by atoms with Crippen LogP contribution in [0.4, 0.5) is 10.1 Å². The molecule has 2 aromatic carbocycles. The zero-order chi connectivity index (χ0) is 20.2. The van der Waals surface area contributed by atoms with Crippen molar-refractivity contribution in [2.75, 3.05) is 18.1 Å². The van der Waals surface area contributed by atoms with Crippen molar-refractivity contribution >= 4 is 39.2 Å². The van der Waals surface area contributed by atoms with E-state index >= 15 is 0 Å². The van der Waals surface area contributed by atoms with Gasteiger partial charge in [-0.1, -0.05) is 11.6 Å². The van der Waals surface area contributed by atoms with E-state index in [1.165, 1.54) is 41.3 Å². The molecule has 0 fully saturated rings. The standard InChI is InChI=1S/C17H16ClFN2O5S/c1-2-21(13-6-4-12(19)5-7-13)16(22)10-26-17(23)11-3-8-14(18)15(9-11)27(20,24)25/h3-9H,2,10H2,1H3,(H2,20,24,25). The molecule has 1 amide bonds. The fourth-order valence-electron chi connectivity index (χ4n) is 2.26. The molecule has 0 atom stereocenters. The molecule has 0 aliphatic heterocycles. The number of benzene rings is 2. The molecule has 0 spiro atoms. The SMILES string of the molecule is CCN(C(=O)COC(=O)c1ccc(Cl)c(S(N)(=O)=O)c1)c1ccc(F)cc1. The molecule has 2 rings (SSSR count). The number of rotatable bonds is 6. The Labute approximate surface area is 160 Å². The average Bonchev–Trinajstić information content (AvgIpc) is 2.61. The van der Waals surface area contributed by atoms with Crippen molar-refractivity contribution in [3.8, 4) is 0 Å². The lowest BCUT2D eigenvalue weighted by molar-refractivity contribution is -0.121. The van der Waals surface area contributed by atoms with Gasteiger partial charge in [-0.25, -0.2) is 22.7 Å². The highest BCUT2D eigenvalue weighted by atomic mass is 35.5. The quantitative estimate of drug-likeness (QED) is 0.730. The van der Waals surface area contributed by atoms with Crippen LogP contribution < -0.4 is 10.0 Å². The minimum Gasteiger partial charge on any atom is -0.452 e. The first-order valence-electron chi connectivity index (χ1n) is 7.69. The largest absolute Gasteiger partial charge is 0.452 e. The summed E-state index contributed by atoms with van der Waals surface area (Å²) in [6.45, 7) is 1.40. The van der Waals surface area contributed by atoms with Crippen molar-refractivity contribution in [2.24, 2.45) is 5.14 Å². The second kappa shape index (κ2) is 8.47. The third-order valence-electron chi connectivity index (χ3n) is 3.56. The van der Waals surface area contributed by atoms with E-state index < -0.39 is 39.2 Å². The van der Waals surface area contributed by atoms with Crippen LogP contribution >= 0.6 is 11.6 Å². The van der Waals surface area contributed by atoms with Crippen LogP contribution in [-0.2, 0) is 19.6 Å². The molecule has 0 heterocycles. The van der Waals surface area contributed by atoms with Crippen LogP contribution in [0.1, 0.15) is 17.3 Å². The molecule has 0 unspecified atom stereocenters. The molecule has 0 aromatic heterocycles. The van der Waals surface area contributed by atoms with Crippen LogP contribution in [0.3, 0.4) is 0 Å². The molecule has 7 nitrogen and oxygen atoms in total. The highest BCUT2D eigenvalue weighted by Crippen LogP contribution is 2.22. The van der Waals surface area contributed by atoms with E-state index in [1.807, 2.05) is 0 Å². The van der Waals surface area contributed by atoms with Crippen LogP contribution in [0.2, 0.25) is 5.02 Å². The van der Waals surface area contributed by atoms with Crippen molar-refractivity contribution in [1.82, 2.24) is 0 Å². The van der Waals surface area contributed by atoms with Gasteiger partial charge in [0.25, 0.3) is 5.91 Å². The first-order valence-corrected chi connectivity index (χ1v) is 9.61. The summed E-state index contributed by atoms with van der Waals surface area (Å²) < 4.78 is 40.9. The predicted octanol–water partition coefficient (Wildman–Crippen LogP) is 2.34. The van der Waals surface area contributed by atoms with E-state index in [9.17, 15) is 22.4 Å². The van der Waals surface area contributed by atoms with Gasteiger partial charge in [-0.05, 0) is 49.4 Å². The first-order chi connectivity index (χ1) is 12.6. The van der Waals surface area contributed by atoms with Gasteiger partial charge in [0.2, 0.25) is 10.0 Å². The number of esters is 1. The van der Waals surface area contributed by atoms with E-state index in [2.05, 4.69) is 0 Å². The molecule has 10 heteroatoms. The summed E-state index contributed by atoms with van der Waals surface area (Å²) in [6, 6.07) is 8.69. The molecule has 2 N–H and O–H groups in total. The third-order valence-corrected chi connectivity index (χ3v) is 4.95. The number of sulfonamides is 1. The van der Waals surface area contributed by atoms with Gasteiger partial charge in [0.15, 0.2) is 6.61 Å². The van der Waals surface area contributed by atoms with Crippen LogP contribution in [0.25, 0.3) is 0 Å². The molecule has 0 saturated carbocycles. The topological polar surface area (TPSA) is 107 Å². The number of ether oxygens (including phenoxy) is 1.